The molecule has 1 N–H and O–H groups in total. The van der Waals surface area contributed by atoms with Crippen LogP contribution in [0.15, 0.2) is 24.3 Å². The highest BCUT2D eigenvalue weighted by atomic mass is 16.5. The molecule has 108 valence electrons. The average Bonchev–Trinajstić information content (AvgIpc) is 2.44. The maximum absolute atomic E-state index is 5.62. The molecular formula is C17H29NO. The fraction of sp³-hybridized carbons (Fsp3) is 0.647. The molecule has 0 aliphatic rings. The fourth-order valence-electron chi connectivity index (χ4n) is 2.58. The molecule has 0 aromatic heterocycles. The number of nitrogens with one attached hydrogen (secondary N) is 1. The van der Waals surface area contributed by atoms with E-state index < -0.39 is 0 Å². The summed E-state index contributed by atoms with van der Waals surface area (Å²) >= 11 is 0. The largest absolute Gasteiger partial charge is 0.494 e. The second-order valence-electron chi connectivity index (χ2n) is 5.01. The summed E-state index contributed by atoms with van der Waals surface area (Å²) in [6, 6.07) is 8.99. The molecule has 0 aliphatic carbocycles. The van der Waals surface area contributed by atoms with Crippen LogP contribution in [0.2, 0.25) is 0 Å². The van der Waals surface area contributed by atoms with Gasteiger partial charge in [0.05, 0.1) is 6.61 Å². The van der Waals surface area contributed by atoms with Gasteiger partial charge in [0.2, 0.25) is 0 Å². The number of benzene rings is 1. The average molecular weight is 263 g/mol. The highest BCUT2D eigenvalue weighted by Crippen LogP contribution is 2.29. The molecule has 1 rings (SSSR count). The highest BCUT2D eigenvalue weighted by molar-refractivity contribution is 5.31. The standard InChI is InChI=1S/C17H29NO/c1-5-12-18-17(14(6-2)7-3)15-10-9-11-16(13-15)19-8-4/h9-11,13-14,17-18H,5-8,12H2,1-4H3. The summed E-state index contributed by atoms with van der Waals surface area (Å²) in [5.74, 6) is 1.66. The number of hydrogen-bond donors (Lipinski definition) is 1. The van der Waals surface area contributed by atoms with Gasteiger partial charge < -0.3 is 10.1 Å². The lowest BCUT2D eigenvalue weighted by molar-refractivity contribution is 0.329. The third kappa shape index (κ3) is 4.87. The van der Waals surface area contributed by atoms with Crippen LogP contribution in [-0.4, -0.2) is 13.2 Å². The van der Waals surface area contributed by atoms with Gasteiger partial charge in [-0.25, -0.2) is 0 Å². The van der Waals surface area contributed by atoms with Crippen LogP contribution in [-0.2, 0) is 0 Å². The molecular weight excluding hydrogens is 234 g/mol. The molecule has 1 atom stereocenters. The van der Waals surface area contributed by atoms with E-state index in [-0.39, 0.29) is 0 Å². The molecule has 1 aromatic carbocycles. The van der Waals surface area contributed by atoms with Crippen LogP contribution in [0.1, 0.15) is 58.6 Å². The summed E-state index contributed by atoms with van der Waals surface area (Å²) in [5, 5.41) is 3.70. The van der Waals surface area contributed by atoms with Gasteiger partial charge in [0.25, 0.3) is 0 Å². The first-order chi connectivity index (χ1) is 9.26. The fourth-order valence-corrected chi connectivity index (χ4v) is 2.58. The van der Waals surface area contributed by atoms with E-state index in [0.29, 0.717) is 12.0 Å². The van der Waals surface area contributed by atoms with Crippen LogP contribution in [0, 0.1) is 5.92 Å². The third-order valence-corrected chi connectivity index (χ3v) is 3.66. The van der Waals surface area contributed by atoms with Gasteiger partial charge in [0.15, 0.2) is 0 Å². The molecule has 0 spiro atoms. The molecule has 0 saturated carbocycles. The first-order valence-electron chi connectivity index (χ1n) is 7.72. The van der Waals surface area contributed by atoms with E-state index in [1.807, 2.05) is 13.0 Å². The Labute approximate surface area is 118 Å². The molecule has 0 radical (unpaired) electrons. The van der Waals surface area contributed by atoms with Crippen molar-refractivity contribution in [3.05, 3.63) is 29.8 Å². The van der Waals surface area contributed by atoms with Gasteiger partial charge in [0.1, 0.15) is 5.75 Å². The van der Waals surface area contributed by atoms with E-state index in [1.165, 1.54) is 24.8 Å². The van der Waals surface area contributed by atoms with Crippen molar-refractivity contribution in [1.82, 2.24) is 5.32 Å². The van der Waals surface area contributed by atoms with Gasteiger partial charge in [-0.1, -0.05) is 45.7 Å². The Morgan fingerprint density at radius 3 is 2.42 bits per heavy atom. The van der Waals surface area contributed by atoms with E-state index >= 15 is 0 Å². The minimum atomic E-state index is 0.440. The highest BCUT2D eigenvalue weighted by Gasteiger charge is 2.19. The topological polar surface area (TPSA) is 21.3 Å². The Bertz CT molecular complexity index is 347. The summed E-state index contributed by atoms with van der Waals surface area (Å²) in [7, 11) is 0. The minimum Gasteiger partial charge on any atom is -0.494 e. The van der Waals surface area contributed by atoms with Crippen molar-refractivity contribution < 1.29 is 4.74 Å². The van der Waals surface area contributed by atoms with Crippen molar-refractivity contribution in [3.8, 4) is 5.75 Å². The Hall–Kier alpha value is -1.02. The van der Waals surface area contributed by atoms with Crippen molar-refractivity contribution in [2.75, 3.05) is 13.2 Å². The van der Waals surface area contributed by atoms with Gasteiger partial charge in [0, 0.05) is 6.04 Å². The molecule has 0 amide bonds. The molecule has 0 fully saturated rings. The summed E-state index contributed by atoms with van der Waals surface area (Å²) in [6.45, 7) is 10.6. The summed E-state index contributed by atoms with van der Waals surface area (Å²) in [5.41, 5.74) is 1.35. The minimum absolute atomic E-state index is 0.440. The summed E-state index contributed by atoms with van der Waals surface area (Å²) in [4.78, 5) is 0. The number of hydrogen-bond acceptors (Lipinski definition) is 2. The molecule has 19 heavy (non-hydrogen) atoms. The molecule has 0 saturated heterocycles. The zero-order valence-electron chi connectivity index (χ0n) is 12.9. The lowest BCUT2D eigenvalue weighted by Gasteiger charge is -2.27. The van der Waals surface area contributed by atoms with Gasteiger partial charge in [-0.2, -0.15) is 0 Å². The van der Waals surface area contributed by atoms with Crippen molar-refractivity contribution in [3.63, 3.8) is 0 Å². The van der Waals surface area contributed by atoms with Gasteiger partial charge in [-0.05, 0) is 43.5 Å². The van der Waals surface area contributed by atoms with Gasteiger partial charge in [-0.15, -0.1) is 0 Å². The second-order valence-corrected chi connectivity index (χ2v) is 5.01. The van der Waals surface area contributed by atoms with Crippen molar-refractivity contribution in [1.29, 1.82) is 0 Å². The molecule has 2 heteroatoms. The Morgan fingerprint density at radius 2 is 1.84 bits per heavy atom. The zero-order chi connectivity index (χ0) is 14.1. The second kappa shape index (κ2) is 8.98. The monoisotopic (exact) mass is 263 g/mol. The summed E-state index contributed by atoms with van der Waals surface area (Å²) < 4.78 is 5.62. The predicted molar refractivity (Wildman–Crippen MR) is 82.7 cm³/mol. The van der Waals surface area contributed by atoms with Crippen molar-refractivity contribution >= 4 is 0 Å². The van der Waals surface area contributed by atoms with Crippen molar-refractivity contribution in [2.24, 2.45) is 5.92 Å². The van der Waals surface area contributed by atoms with Crippen LogP contribution in [0.3, 0.4) is 0 Å². The SMILES string of the molecule is CCCNC(c1cccc(OCC)c1)C(CC)CC. The first kappa shape index (κ1) is 16.0. The molecule has 1 unspecified atom stereocenters. The Balaban J connectivity index is 2.91. The zero-order valence-corrected chi connectivity index (χ0v) is 12.9. The predicted octanol–water partition coefficient (Wildman–Crippen LogP) is 4.56. The van der Waals surface area contributed by atoms with E-state index in [0.717, 1.165) is 18.9 Å². The van der Waals surface area contributed by atoms with E-state index in [1.54, 1.807) is 0 Å². The molecule has 0 aliphatic heterocycles. The van der Waals surface area contributed by atoms with E-state index in [2.05, 4.69) is 44.3 Å². The van der Waals surface area contributed by atoms with Gasteiger partial charge in [-0.3, -0.25) is 0 Å². The molecule has 1 aromatic rings. The normalized spacial score (nSPS) is 12.7. The van der Waals surface area contributed by atoms with Crippen LogP contribution in [0.4, 0.5) is 0 Å². The smallest absolute Gasteiger partial charge is 0.119 e. The van der Waals surface area contributed by atoms with E-state index in [9.17, 15) is 0 Å². The maximum Gasteiger partial charge on any atom is 0.119 e. The van der Waals surface area contributed by atoms with Crippen LogP contribution in [0.25, 0.3) is 0 Å². The first-order valence-corrected chi connectivity index (χ1v) is 7.72. The summed E-state index contributed by atoms with van der Waals surface area (Å²) in [6.07, 6.45) is 3.58. The lowest BCUT2D eigenvalue weighted by Crippen LogP contribution is -2.28. The van der Waals surface area contributed by atoms with E-state index in [4.69, 9.17) is 4.74 Å². The van der Waals surface area contributed by atoms with Gasteiger partial charge >= 0.3 is 0 Å². The van der Waals surface area contributed by atoms with Crippen molar-refractivity contribution in [2.45, 2.75) is 53.0 Å². The molecule has 2 nitrogen and oxygen atoms in total. The Kier molecular flexibility index (Phi) is 7.57. The number of ether oxygens (including phenoxy) is 1. The maximum atomic E-state index is 5.62. The third-order valence-electron chi connectivity index (χ3n) is 3.66. The lowest BCUT2D eigenvalue weighted by atomic mass is 9.88. The van der Waals surface area contributed by atoms with Crippen LogP contribution >= 0.6 is 0 Å². The molecule has 0 bridgehead atoms. The molecule has 0 heterocycles. The Morgan fingerprint density at radius 1 is 1.11 bits per heavy atom. The quantitative estimate of drug-likeness (QED) is 0.705. The van der Waals surface area contributed by atoms with Crippen LogP contribution in [0.5, 0.6) is 5.75 Å². The number of rotatable bonds is 9. The van der Waals surface area contributed by atoms with Crippen LogP contribution < -0.4 is 10.1 Å².